The van der Waals surface area contributed by atoms with Gasteiger partial charge in [0.05, 0.1) is 28.4 Å². The summed E-state index contributed by atoms with van der Waals surface area (Å²) >= 11 is 6.90. The van der Waals surface area contributed by atoms with Gasteiger partial charge in [-0.1, -0.05) is 15.9 Å². The third kappa shape index (κ3) is 2.09. The minimum atomic E-state index is 0.406. The van der Waals surface area contributed by atoms with Crippen molar-refractivity contribution in [2.45, 2.75) is 0 Å². The van der Waals surface area contributed by atoms with E-state index < -0.39 is 0 Å². The number of aromatic nitrogens is 2. The Kier molecular flexibility index (Phi) is 3.24. The Bertz CT molecular complexity index is 861. The summed E-state index contributed by atoms with van der Waals surface area (Å²) in [7, 11) is 0. The molecule has 1 heterocycles. The lowest BCUT2D eigenvalue weighted by molar-refractivity contribution is 1.10. The zero-order chi connectivity index (χ0) is 14.3. The predicted molar refractivity (Wildman–Crippen MR) is 85.6 cm³/mol. The summed E-state index contributed by atoms with van der Waals surface area (Å²) in [5.41, 5.74) is 9.19. The quantitative estimate of drug-likeness (QED) is 0.681. The maximum atomic E-state index is 8.92. The molecule has 0 saturated heterocycles. The molecule has 0 aliphatic rings. The zero-order valence-corrected chi connectivity index (χ0v) is 13.3. The minimum absolute atomic E-state index is 0.406. The molecule has 0 fully saturated rings. The van der Waals surface area contributed by atoms with Gasteiger partial charge in [-0.25, -0.2) is 4.98 Å². The van der Waals surface area contributed by atoms with Crippen molar-refractivity contribution < 1.29 is 0 Å². The van der Waals surface area contributed by atoms with Gasteiger partial charge >= 0.3 is 0 Å². The maximum Gasteiger partial charge on any atom is 0.205 e. The SMILES string of the molecule is N#Cc1ccc(-n2c(N)nc3cc(Br)ccc32)c(Br)c1. The summed E-state index contributed by atoms with van der Waals surface area (Å²) in [5, 5.41) is 8.92. The Morgan fingerprint density at radius 3 is 2.65 bits per heavy atom. The minimum Gasteiger partial charge on any atom is -0.369 e. The molecular formula is C14H8Br2N4. The number of nitrogen functional groups attached to an aromatic ring is 1. The fourth-order valence-electron chi connectivity index (χ4n) is 2.08. The number of imidazole rings is 1. The molecule has 0 amide bonds. The summed E-state index contributed by atoms with van der Waals surface area (Å²) in [6.07, 6.45) is 0. The Labute approximate surface area is 132 Å². The Hall–Kier alpha value is -1.84. The number of rotatable bonds is 1. The van der Waals surface area contributed by atoms with Crippen LogP contribution in [0.3, 0.4) is 0 Å². The van der Waals surface area contributed by atoms with Gasteiger partial charge in [-0.2, -0.15) is 5.26 Å². The van der Waals surface area contributed by atoms with E-state index in [1.165, 1.54) is 0 Å². The van der Waals surface area contributed by atoms with Crippen molar-refractivity contribution in [2.75, 3.05) is 5.73 Å². The molecule has 3 rings (SSSR count). The van der Waals surface area contributed by atoms with E-state index in [0.29, 0.717) is 11.5 Å². The van der Waals surface area contributed by atoms with Crippen LogP contribution in [0.5, 0.6) is 0 Å². The van der Waals surface area contributed by atoms with Gasteiger partial charge in [0.1, 0.15) is 0 Å². The predicted octanol–water partition coefficient (Wildman–Crippen LogP) is 4.00. The van der Waals surface area contributed by atoms with E-state index in [1.54, 1.807) is 12.1 Å². The van der Waals surface area contributed by atoms with Gasteiger partial charge in [0.15, 0.2) is 0 Å². The number of halogens is 2. The number of benzene rings is 2. The van der Waals surface area contributed by atoms with Crippen molar-refractivity contribution in [3.8, 4) is 11.8 Å². The summed E-state index contributed by atoms with van der Waals surface area (Å²) in [6, 6.07) is 13.3. The van der Waals surface area contributed by atoms with E-state index in [9.17, 15) is 0 Å². The lowest BCUT2D eigenvalue weighted by Crippen LogP contribution is -2.01. The van der Waals surface area contributed by atoms with Crippen LogP contribution in [0, 0.1) is 11.3 Å². The van der Waals surface area contributed by atoms with Crippen molar-refractivity contribution in [3.63, 3.8) is 0 Å². The van der Waals surface area contributed by atoms with Crippen LogP contribution in [0.15, 0.2) is 45.3 Å². The second kappa shape index (κ2) is 4.93. The van der Waals surface area contributed by atoms with Gasteiger partial charge in [0, 0.05) is 8.95 Å². The van der Waals surface area contributed by atoms with Crippen LogP contribution >= 0.6 is 31.9 Å². The van der Waals surface area contributed by atoms with Crippen LogP contribution in [0.25, 0.3) is 16.7 Å². The summed E-state index contributed by atoms with van der Waals surface area (Å²) in [4.78, 5) is 4.36. The van der Waals surface area contributed by atoms with Crippen molar-refractivity contribution >= 4 is 48.8 Å². The topological polar surface area (TPSA) is 67.6 Å². The van der Waals surface area contributed by atoms with Crippen molar-refractivity contribution in [1.82, 2.24) is 9.55 Å². The van der Waals surface area contributed by atoms with E-state index in [1.807, 2.05) is 28.8 Å². The van der Waals surface area contributed by atoms with Crippen molar-refractivity contribution in [1.29, 1.82) is 5.26 Å². The average Bonchev–Trinajstić information content (AvgIpc) is 2.73. The molecule has 0 aliphatic carbocycles. The molecule has 1 aromatic heterocycles. The molecule has 0 spiro atoms. The van der Waals surface area contributed by atoms with Crippen LogP contribution in [0.1, 0.15) is 5.56 Å². The summed E-state index contributed by atoms with van der Waals surface area (Å²) < 4.78 is 3.60. The molecule has 0 saturated carbocycles. The lowest BCUT2D eigenvalue weighted by atomic mass is 10.2. The first-order valence-corrected chi connectivity index (χ1v) is 7.32. The van der Waals surface area contributed by atoms with E-state index in [2.05, 4.69) is 42.9 Å². The third-order valence-electron chi connectivity index (χ3n) is 2.96. The fourth-order valence-corrected chi connectivity index (χ4v) is 2.99. The molecule has 0 aliphatic heterocycles. The number of nitrogens with zero attached hydrogens (tertiary/aromatic N) is 3. The molecular weight excluding hydrogens is 384 g/mol. The van der Waals surface area contributed by atoms with Crippen molar-refractivity contribution in [2.24, 2.45) is 0 Å². The molecule has 0 bridgehead atoms. The Morgan fingerprint density at radius 1 is 1.15 bits per heavy atom. The van der Waals surface area contributed by atoms with Gasteiger partial charge in [-0.15, -0.1) is 0 Å². The van der Waals surface area contributed by atoms with Crippen molar-refractivity contribution in [3.05, 3.63) is 50.9 Å². The highest BCUT2D eigenvalue weighted by atomic mass is 79.9. The zero-order valence-electron chi connectivity index (χ0n) is 10.1. The number of hydrogen-bond acceptors (Lipinski definition) is 3. The monoisotopic (exact) mass is 390 g/mol. The smallest absolute Gasteiger partial charge is 0.205 e. The molecule has 4 nitrogen and oxygen atoms in total. The fraction of sp³-hybridized carbons (Fsp3) is 0. The van der Waals surface area contributed by atoms with E-state index >= 15 is 0 Å². The van der Waals surface area contributed by atoms with Crippen LogP contribution in [-0.2, 0) is 0 Å². The molecule has 2 aromatic carbocycles. The highest BCUT2D eigenvalue weighted by molar-refractivity contribution is 9.10. The maximum absolute atomic E-state index is 8.92. The van der Waals surface area contributed by atoms with Gasteiger partial charge in [0.2, 0.25) is 5.95 Å². The Morgan fingerprint density at radius 2 is 1.95 bits per heavy atom. The first-order chi connectivity index (χ1) is 9.60. The normalized spacial score (nSPS) is 10.7. The second-order valence-corrected chi connectivity index (χ2v) is 5.99. The molecule has 2 N–H and O–H groups in total. The number of hydrogen-bond donors (Lipinski definition) is 1. The highest BCUT2D eigenvalue weighted by Crippen LogP contribution is 2.30. The van der Waals surface area contributed by atoms with Crippen LogP contribution < -0.4 is 5.73 Å². The number of nitriles is 1. The Balaban J connectivity index is 2.30. The molecule has 0 radical (unpaired) electrons. The second-order valence-electron chi connectivity index (χ2n) is 4.22. The van der Waals surface area contributed by atoms with Gasteiger partial charge < -0.3 is 5.73 Å². The average molecular weight is 392 g/mol. The first-order valence-electron chi connectivity index (χ1n) is 5.73. The molecule has 20 heavy (non-hydrogen) atoms. The molecule has 0 unspecified atom stereocenters. The van der Waals surface area contributed by atoms with Crippen LogP contribution in [-0.4, -0.2) is 9.55 Å². The molecule has 98 valence electrons. The third-order valence-corrected chi connectivity index (χ3v) is 4.09. The van der Waals surface area contributed by atoms with Crippen LogP contribution in [0.4, 0.5) is 5.95 Å². The number of anilines is 1. The van der Waals surface area contributed by atoms with E-state index in [0.717, 1.165) is 25.7 Å². The molecule has 0 atom stereocenters. The first kappa shape index (κ1) is 13.2. The standard InChI is InChI=1S/C14H8Br2N4/c15-9-2-4-13-11(6-9)19-14(18)20(13)12-3-1-8(7-17)5-10(12)16/h1-6H,(H2,18,19). The van der Waals surface area contributed by atoms with Gasteiger partial charge in [-0.05, 0) is 52.3 Å². The largest absolute Gasteiger partial charge is 0.369 e. The molecule has 6 heteroatoms. The van der Waals surface area contributed by atoms with E-state index in [4.69, 9.17) is 11.0 Å². The van der Waals surface area contributed by atoms with E-state index in [-0.39, 0.29) is 0 Å². The molecule has 3 aromatic rings. The number of fused-ring (bicyclic) bond motifs is 1. The highest BCUT2D eigenvalue weighted by Gasteiger charge is 2.13. The van der Waals surface area contributed by atoms with Crippen LogP contribution in [0.2, 0.25) is 0 Å². The number of nitrogens with two attached hydrogens (primary N) is 1. The van der Waals surface area contributed by atoms with Gasteiger partial charge in [0.25, 0.3) is 0 Å². The summed E-state index contributed by atoms with van der Waals surface area (Å²) in [6.45, 7) is 0. The van der Waals surface area contributed by atoms with Gasteiger partial charge in [-0.3, -0.25) is 4.57 Å². The lowest BCUT2D eigenvalue weighted by Gasteiger charge is -2.09. The summed E-state index contributed by atoms with van der Waals surface area (Å²) in [5.74, 6) is 0.406.